The van der Waals surface area contributed by atoms with Crippen molar-refractivity contribution < 1.29 is 9.90 Å². The van der Waals surface area contributed by atoms with Gasteiger partial charge in [-0.25, -0.2) is 0 Å². The summed E-state index contributed by atoms with van der Waals surface area (Å²) in [5, 5.41) is 11.6. The van der Waals surface area contributed by atoms with Gasteiger partial charge in [-0.15, -0.1) is 0 Å². The predicted octanol–water partition coefficient (Wildman–Crippen LogP) is -0.122. The second-order valence-corrected chi connectivity index (χ2v) is 3.03. The molecule has 0 aromatic rings. The smallest absolute Gasteiger partial charge is 0.322 e. The number of carboxylic acids is 1. The van der Waals surface area contributed by atoms with Crippen LogP contribution in [0.25, 0.3) is 0 Å². The first-order valence-electron chi connectivity index (χ1n) is 3.98. The van der Waals surface area contributed by atoms with E-state index in [1.54, 1.807) is 0 Å². The van der Waals surface area contributed by atoms with Crippen molar-refractivity contribution in [3.63, 3.8) is 0 Å². The fraction of sp³-hybridized carbons (Fsp3) is 0.625. The predicted molar refractivity (Wildman–Crippen MR) is 45.8 cm³/mol. The molecular formula is C8H14N2O2. The van der Waals surface area contributed by atoms with Gasteiger partial charge in [-0.2, -0.15) is 0 Å². The molecule has 1 rings (SSSR count). The minimum Gasteiger partial charge on any atom is -0.480 e. The summed E-state index contributed by atoms with van der Waals surface area (Å²) in [5.41, 5.74) is 0.933. The van der Waals surface area contributed by atoms with Crippen LogP contribution in [-0.4, -0.2) is 41.7 Å². The van der Waals surface area contributed by atoms with Crippen LogP contribution < -0.4 is 5.32 Å². The van der Waals surface area contributed by atoms with E-state index >= 15 is 0 Å². The van der Waals surface area contributed by atoms with Crippen molar-refractivity contribution in [2.45, 2.75) is 13.0 Å². The zero-order valence-electron chi connectivity index (χ0n) is 7.21. The Balaban J connectivity index is 2.51. The van der Waals surface area contributed by atoms with E-state index in [0.717, 1.165) is 12.2 Å². The molecule has 1 aliphatic heterocycles. The van der Waals surface area contributed by atoms with Gasteiger partial charge in [0.1, 0.15) is 6.04 Å². The number of hydrogen-bond acceptors (Lipinski definition) is 3. The van der Waals surface area contributed by atoms with Crippen LogP contribution in [0.15, 0.2) is 12.3 Å². The minimum absolute atomic E-state index is 0.449. The van der Waals surface area contributed by atoms with Crippen LogP contribution in [0.4, 0.5) is 0 Å². The highest BCUT2D eigenvalue weighted by Crippen LogP contribution is 2.05. The van der Waals surface area contributed by atoms with Crippen molar-refractivity contribution in [3.05, 3.63) is 12.3 Å². The highest BCUT2D eigenvalue weighted by atomic mass is 16.4. The van der Waals surface area contributed by atoms with E-state index in [4.69, 9.17) is 5.11 Å². The lowest BCUT2D eigenvalue weighted by Crippen LogP contribution is -2.53. The molecule has 0 aliphatic carbocycles. The third-order valence-electron chi connectivity index (χ3n) is 2.01. The van der Waals surface area contributed by atoms with Gasteiger partial charge in [-0.3, -0.25) is 4.79 Å². The van der Waals surface area contributed by atoms with E-state index < -0.39 is 12.0 Å². The number of rotatable bonds is 2. The molecule has 12 heavy (non-hydrogen) atoms. The van der Waals surface area contributed by atoms with Gasteiger partial charge in [0, 0.05) is 25.3 Å². The summed E-state index contributed by atoms with van der Waals surface area (Å²) in [7, 11) is 0. The van der Waals surface area contributed by atoms with Crippen LogP contribution in [0.2, 0.25) is 0 Å². The summed E-state index contributed by atoms with van der Waals surface area (Å²) in [5.74, 6) is -0.791. The van der Waals surface area contributed by atoms with E-state index in [1.165, 1.54) is 0 Å². The van der Waals surface area contributed by atoms with E-state index in [-0.39, 0.29) is 0 Å². The minimum atomic E-state index is -0.791. The van der Waals surface area contributed by atoms with E-state index in [2.05, 4.69) is 11.9 Å². The first kappa shape index (κ1) is 9.06. The summed E-state index contributed by atoms with van der Waals surface area (Å²) < 4.78 is 0. The molecule has 4 nitrogen and oxygen atoms in total. The number of carboxylic acid groups (broad SMARTS) is 1. The van der Waals surface area contributed by atoms with Crippen LogP contribution >= 0.6 is 0 Å². The summed E-state index contributed by atoms with van der Waals surface area (Å²) in [4.78, 5) is 12.6. The molecule has 1 unspecified atom stereocenters. The molecule has 0 bridgehead atoms. The molecule has 0 radical (unpaired) electrons. The number of piperazine rings is 1. The number of nitrogens with one attached hydrogen (secondary N) is 1. The van der Waals surface area contributed by atoms with Crippen LogP contribution in [0.1, 0.15) is 6.92 Å². The maximum Gasteiger partial charge on any atom is 0.322 e. The van der Waals surface area contributed by atoms with Gasteiger partial charge in [-0.1, -0.05) is 6.58 Å². The van der Waals surface area contributed by atoms with E-state index in [1.807, 2.05) is 11.8 Å². The molecule has 1 saturated heterocycles. The first-order chi connectivity index (χ1) is 5.61. The summed E-state index contributed by atoms with van der Waals surface area (Å²) >= 11 is 0. The van der Waals surface area contributed by atoms with Gasteiger partial charge in [0.2, 0.25) is 0 Å². The fourth-order valence-electron chi connectivity index (χ4n) is 1.26. The Morgan fingerprint density at radius 1 is 1.75 bits per heavy atom. The molecule has 0 aromatic carbocycles. The SMILES string of the molecule is C=C(C)N1CCNC(C(=O)O)C1. The Hall–Kier alpha value is -1.03. The molecule has 0 saturated carbocycles. The highest BCUT2D eigenvalue weighted by Gasteiger charge is 2.23. The van der Waals surface area contributed by atoms with Gasteiger partial charge in [-0.05, 0) is 6.92 Å². The second-order valence-electron chi connectivity index (χ2n) is 3.03. The molecule has 2 N–H and O–H groups in total. The number of allylic oxidation sites excluding steroid dienone is 1. The topological polar surface area (TPSA) is 52.6 Å². The van der Waals surface area contributed by atoms with Gasteiger partial charge < -0.3 is 15.3 Å². The Morgan fingerprint density at radius 3 is 2.92 bits per heavy atom. The molecule has 1 aliphatic rings. The molecule has 1 fully saturated rings. The van der Waals surface area contributed by atoms with Crippen LogP contribution in [0.3, 0.4) is 0 Å². The Morgan fingerprint density at radius 2 is 2.42 bits per heavy atom. The Bertz CT molecular complexity index is 183. The largest absolute Gasteiger partial charge is 0.480 e. The number of carbonyl (C=O) groups is 1. The van der Waals surface area contributed by atoms with Crippen molar-refractivity contribution >= 4 is 5.97 Å². The Kier molecular flexibility index (Phi) is 2.70. The molecule has 0 spiro atoms. The lowest BCUT2D eigenvalue weighted by molar-refractivity contribution is -0.140. The standard InChI is InChI=1S/C8H14N2O2/c1-6(2)10-4-3-9-7(5-10)8(11)12/h7,9H,1,3-5H2,2H3,(H,11,12). The van der Waals surface area contributed by atoms with Crippen molar-refractivity contribution in [1.82, 2.24) is 10.2 Å². The van der Waals surface area contributed by atoms with Crippen LogP contribution in [-0.2, 0) is 4.79 Å². The number of hydrogen-bond donors (Lipinski definition) is 2. The molecule has 4 heteroatoms. The molecule has 0 amide bonds. The average Bonchev–Trinajstić information content (AvgIpc) is 2.04. The zero-order valence-corrected chi connectivity index (χ0v) is 7.21. The van der Waals surface area contributed by atoms with Crippen molar-refractivity contribution in [2.24, 2.45) is 0 Å². The van der Waals surface area contributed by atoms with Crippen LogP contribution in [0, 0.1) is 0 Å². The monoisotopic (exact) mass is 170 g/mol. The second kappa shape index (κ2) is 3.58. The van der Waals surface area contributed by atoms with Gasteiger partial charge in [0.25, 0.3) is 0 Å². The third kappa shape index (κ3) is 1.98. The summed E-state index contributed by atoms with van der Waals surface area (Å²) in [6, 6.07) is -0.449. The zero-order chi connectivity index (χ0) is 9.14. The quantitative estimate of drug-likeness (QED) is 0.606. The molecule has 1 atom stereocenters. The van der Waals surface area contributed by atoms with Crippen LogP contribution in [0.5, 0.6) is 0 Å². The van der Waals surface area contributed by atoms with Gasteiger partial charge in [0.15, 0.2) is 0 Å². The maximum atomic E-state index is 10.6. The van der Waals surface area contributed by atoms with Gasteiger partial charge >= 0.3 is 5.97 Å². The molecule has 0 aromatic heterocycles. The highest BCUT2D eigenvalue weighted by molar-refractivity contribution is 5.73. The Labute approximate surface area is 71.9 Å². The van der Waals surface area contributed by atoms with E-state index in [9.17, 15) is 4.79 Å². The lowest BCUT2D eigenvalue weighted by atomic mass is 10.2. The molecular weight excluding hydrogens is 156 g/mol. The van der Waals surface area contributed by atoms with Crippen molar-refractivity contribution in [1.29, 1.82) is 0 Å². The summed E-state index contributed by atoms with van der Waals surface area (Å²) in [6.07, 6.45) is 0. The van der Waals surface area contributed by atoms with Gasteiger partial charge in [0.05, 0.1) is 0 Å². The molecule has 68 valence electrons. The number of aliphatic carboxylic acids is 1. The lowest BCUT2D eigenvalue weighted by Gasteiger charge is -2.33. The maximum absolute atomic E-state index is 10.6. The third-order valence-corrected chi connectivity index (χ3v) is 2.01. The average molecular weight is 170 g/mol. The molecule has 1 heterocycles. The first-order valence-corrected chi connectivity index (χ1v) is 3.98. The van der Waals surface area contributed by atoms with Crippen molar-refractivity contribution in [3.8, 4) is 0 Å². The van der Waals surface area contributed by atoms with E-state index in [0.29, 0.717) is 13.1 Å². The summed E-state index contributed by atoms with van der Waals surface area (Å²) in [6.45, 7) is 7.75. The normalized spacial score (nSPS) is 23.8. The number of nitrogens with zero attached hydrogens (tertiary/aromatic N) is 1. The van der Waals surface area contributed by atoms with Crippen molar-refractivity contribution in [2.75, 3.05) is 19.6 Å². The fourth-order valence-corrected chi connectivity index (χ4v) is 1.26.